The van der Waals surface area contributed by atoms with Gasteiger partial charge in [-0.25, -0.2) is 0 Å². The maximum Gasteiger partial charge on any atom is 0.306 e. The van der Waals surface area contributed by atoms with E-state index < -0.39 is 23.1 Å². The van der Waals surface area contributed by atoms with Crippen LogP contribution in [0.3, 0.4) is 0 Å². The molecule has 6 rings (SSSR count). The highest BCUT2D eigenvalue weighted by Gasteiger charge is 2.35. The molecule has 0 radical (unpaired) electrons. The molecule has 10 nitrogen and oxygen atoms in total. The van der Waals surface area contributed by atoms with Crippen LogP contribution in [0.2, 0.25) is 0 Å². The van der Waals surface area contributed by atoms with Gasteiger partial charge in [-0.1, -0.05) is 30.3 Å². The van der Waals surface area contributed by atoms with Gasteiger partial charge in [0.25, 0.3) is 5.56 Å². The summed E-state index contributed by atoms with van der Waals surface area (Å²) in [4.78, 5) is 40.2. The van der Waals surface area contributed by atoms with Crippen LogP contribution >= 0.6 is 0 Å². The van der Waals surface area contributed by atoms with Gasteiger partial charge in [0.15, 0.2) is 5.76 Å². The number of ether oxygens (including phenoxy) is 3. The molecule has 0 aliphatic carbocycles. The van der Waals surface area contributed by atoms with E-state index in [1.165, 1.54) is 13.2 Å². The minimum Gasteiger partial charge on any atom is -0.502 e. The first-order valence-electron chi connectivity index (χ1n) is 15.5. The van der Waals surface area contributed by atoms with Crippen LogP contribution in [0, 0.1) is 5.92 Å². The fourth-order valence-electron chi connectivity index (χ4n) is 6.70. The molecule has 2 bridgehead atoms. The molecule has 1 fully saturated rings. The van der Waals surface area contributed by atoms with Gasteiger partial charge in [-0.3, -0.25) is 19.3 Å². The summed E-state index contributed by atoms with van der Waals surface area (Å²) in [5.74, 6) is 0.588. The van der Waals surface area contributed by atoms with Gasteiger partial charge in [-0.05, 0) is 53.8 Å². The largest absolute Gasteiger partial charge is 0.502 e. The summed E-state index contributed by atoms with van der Waals surface area (Å²) in [5.41, 5.74) is 2.28. The Morgan fingerprint density at radius 2 is 1.74 bits per heavy atom. The van der Waals surface area contributed by atoms with E-state index in [1.807, 2.05) is 34.9 Å². The van der Waals surface area contributed by atoms with Gasteiger partial charge in [0.1, 0.15) is 17.3 Å². The van der Waals surface area contributed by atoms with E-state index in [9.17, 15) is 19.5 Å². The SMILES string of the molecule is COC(=O)C[C@@H](c1ccc(OCCc2ccc(OC)cc2)cc1)c1oc(CN2C[C@H]3C[C@@H](C2)c2cccc(=O)n2C3)cc(=O)c1O. The molecule has 1 N–H and O–H groups in total. The Kier molecular flexibility index (Phi) is 9.25. The van der Waals surface area contributed by atoms with Crippen LogP contribution in [0.25, 0.3) is 0 Å². The van der Waals surface area contributed by atoms with Crippen LogP contribution in [-0.2, 0) is 29.0 Å². The number of hydrogen-bond acceptors (Lipinski definition) is 9. The van der Waals surface area contributed by atoms with Gasteiger partial charge in [0.05, 0.1) is 39.7 Å². The Hall–Kier alpha value is -4.83. The Balaban J connectivity index is 1.19. The molecule has 10 heteroatoms. The van der Waals surface area contributed by atoms with Crippen LogP contribution in [0.4, 0.5) is 0 Å². The van der Waals surface area contributed by atoms with Crippen LogP contribution in [0.1, 0.15) is 53.0 Å². The highest BCUT2D eigenvalue weighted by molar-refractivity contribution is 5.71. The molecular formula is C36H38N2O8. The van der Waals surface area contributed by atoms with Crippen molar-refractivity contribution in [2.45, 2.75) is 44.2 Å². The second-order valence-electron chi connectivity index (χ2n) is 12.0. The van der Waals surface area contributed by atoms with E-state index in [4.69, 9.17) is 18.6 Å². The third kappa shape index (κ3) is 6.87. The smallest absolute Gasteiger partial charge is 0.306 e. The number of carbonyl (C=O) groups excluding carboxylic acids is 1. The summed E-state index contributed by atoms with van der Waals surface area (Å²) in [7, 11) is 2.93. The Labute approximate surface area is 266 Å². The number of piperidine rings is 1. The molecule has 2 aliphatic rings. The van der Waals surface area contributed by atoms with Gasteiger partial charge in [-0.15, -0.1) is 0 Å². The number of likely N-dealkylation sites (tertiary alicyclic amines) is 1. The van der Waals surface area contributed by atoms with Gasteiger partial charge in [0, 0.05) is 49.8 Å². The molecule has 0 saturated carbocycles. The molecule has 0 spiro atoms. The molecular weight excluding hydrogens is 588 g/mol. The molecule has 0 unspecified atom stereocenters. The molecule has 3 atom stereocenters. The highest BCUT2D eigenvalue weighted by Crippen LogP contribution is 2.37. The maximum absolute atomic E-state index is 13.0. The number of fused-ring (bicyclic) bond motifs is 4. The number of nitrogens with zero attached hydrogens (tertiary/aromatic N) is 2. The lowest BCUT2D eigenvalue weighted by Gasteiger charge is -2.42. The molecule has 2 aromatic heterocycles. The number of methoxy groups -OCH3 is 2. The second kappa shape index (κ2) is 13.7. The molecule has 2 aliphatic heterocycles. The summed E-state index contributed by atoms with van der Waals surface area (Å²) >= 11 is 0. The molecule has 0 amide bonds. The maximum atomic E-state index is 13.0. The van der Waals surface area contributed by atoms with E-state index in [1.54, 1.807) is 43.5 Å². The van der Waals surface area contributed by atoms with Gasteiger partial charge in [0.2, 0.25) is 11.2 Å². The van der Waals surface area contributed by atoms with Gasteiger partial charge >= 0.3 is 5.97 Å². The number of pyridine rings is 1. The van der Waals surface area contributed by atoms with E-state index in [0.29, 0.717) is 55.7 Å². The molecule has 4 aromatic rings. The lowest BCUT2D eigenvalue weighted by Crippen LogP contribution is -2.46. The standard InChI is InChI=1S/C36H38N2O8/c1-43-27-10-6-23(7-11-27)14-15-45-28-12-8-25(9-13-28)30(18-34(41)44-2)36-35(42)32(39)17-29(46-36)22-37-19-24-16-26(21-37)31-4-3-5-33(40)38(31)20-24/h3-13,17,24,26,30,42H,14-16,18-22H2,1-2H3/t24-,26+,30+/m1/s1. The van der Waals surface area contributed by atoms with Crippen LogP contribution in [0.5, 0.6) is 17.2 Å². The van der Waals surface area contributed by atoms with Crippen molar-refractivity contribution in [1.29, 1.82) is 0 Å². The minimum atomic E-state index is -0.757. The van der Waals surface area contributed by atoms with Crippen LogP contribution in [0.15, 0.2) is 86.8 Å². The van der Waals surface area contributed by atoms with Crippen molar-refractivity contribution >= 4 is 5.97 Å². The average Bonchev–Trinajstić information content (AvgIpc) is 3.06. The van der Waals surface area contributed by atoms with Crippen LogP contribution < -0.4 is 20.5 Å². The Morgan fingerprint density at radius 3 is 2.48 bits per heavy atom. The number of rotatable bonds is 11. The van der Waals surface area contributed by atoms with E-state index >= 15 is 0 Å². The Bertz CT molecular complexity index is 1790. The molecule has 46 heavy (non-hydrogen) atoms. The summed E-state index contributed by atoms with van der Waals surface area (Å²) in [6.45, 7) is 2.96. The normalized spacial score (nSPS) is 18.0. The van der Waals surface area contributed by atoms with Crippen LogP contribution in [-0.4, -0.2) is 54.5 Å². The third-order valence-electron chi connectivity index (χ3n) is 8.95. The lowest BCUT2D eigenvalue weighted by atomic mass is 9.83. The van der Waals surface area contributed by atoms with Gasteiger partial charge in [-0.2, -0.15) is 0 Å². The number of aromatic hydroxyl groups is 1. The summed E-state index contributed by atoms with van der Waals surface area (Å²) in [6, 6.07) is 21.7. The predicted molar refractivity (Wildman–Crippen MR) is 171 cm³/mol. The first-order valence-corrected chi connectivity index (χ1v) is 15.5. The molecule has 4 heterocycles. The second-order valence-corrected chi connectivity index (χ2v) is 12.0. The van der Waals surface area contributed by atoms with Crippen molar-refractivity contribution in [2.75, 3.05) is 33.9 Å². The average molecular weight is 627 g/mol. The molecule has 1 saturated heterocycles. The lowest BCUT2D eigenvalue weighted by molar-refractivity contribution is -0.140. The number of aromatic nitrogens is 1. The number of hydrogen-bond donors (Lipinski definition) is 1. The summed E-state index contributed by atoms with van der Waals surface area (Å²) in [6.07, 6.45) is 1.59. The van der Waals surface area contributed by atoms with E-state index in [2.05, 4.69) is 4.90 Å². The van der Waals surface area contributed by atoms with Crippen molar-refractivity contribution in [2.24, 2.45) is 5.92 Å². The van der Waals surface area contributed by atoms with Crippen molar-refractivity contribution in [3.63, 3.8) is 0 Å². The van der Waals surface area contributed by atoms with E-state index in [-0.39, 0.29) is 23.7 Å². The molecule has 240 valence electrons. The Morgan fingerprint density at radius 1 is 0.978 bits per heavy atom. The first kappa shape index (κ1) is 31.2. The minimum absolute atomic E-state index is 0.0233. The molecule has 2 aromatic carbocycles. The zero-order valence-corrected chi connectivity index (χ0v) is 26.0. The summed E-state index contributed by atoms with van der Waals surface area (Å²) < 4.78 is 24.2. The number of esters is 1. The van der Waals surface area contributed by atoms with Crippen molar-refractivity contribution in [3.05, 3.63) is 122 Å². The number of benzene rings is 2. The van der Waals surface area contributed by atoms with Crippen molar-refractivity contribution in [3.8, 4) is 17.2 Å². The number of carbonyl (C=O) groups is 1. The zero-order chi connectivity index (χ0) is 32.2. The van der Waals surface area contributed by atoms with Crippen molar-refractivity contribution in [1.82, 2.24) is 9.47 Å². The monoisotopic (exact) mass is 626 g/mol. The van der Waals surface area contributed by atoms with Gasteiger partial charge < -0.3 is 28.3 Å². The topological polar surface area (TPSA) is 120 Å². The van der Waals surface area contributed by atoms with E-state index in [0.717, 1.165) is 30.0 Å². The summed E-state index contributed by atoms with van der Waals surface area (Å²) in [5, 5.41) is 10.9. The van der Waals surface area contributed by atoms with Crippen molar-refractivity contribution < 1.29 is 28.5 Å². The quantitative estimate of drug-likeness (QED) is 0.241. The fourth-order valence-corrected chi connectivity index (χ4v) is 6.70. The third-order valence-corrected chi connectivity index (χ3v) is 8.95. The highest BCUT2D eigenvalue weighted by atomic mass is 16.5. The zero-order valence-electron chi connectivity index (χ0n) is 26.0. The predicted octanol–water partition coefficient (Wildman–Crippen LogP) is 4.45. The first-order chi connectivity index (χ1) is 22.3. The fraction of sp³-hybridized carbons (Fsp3) is 0.361.